The molecule has 0 atom stereocenters. The van der Waals surface area contributed by atoms with Crippen molar-refractivity contribution in [1.29, 1.82) is 0 Å². The van der Waals surface area contributed by atoms with Gasteiger partial charge in [0.25, 0.3) is 0 Å². The molecule has 7 nitrogen and oxygen atoms in total. The second-order valence-corrected chi connectivity index (χ2v) is 2.07. The van der Waals surface area contributed by atoms with Gasteiger partial charge in [0.05, 0.1) is 12.4 Å². The molecule has 0 fully saturated rings. The fourth-order valence-electron chi connectivity index (χ4n) is 0.706. The number of hydrogen-bond donors (Lipinski definition) is 0. The Hall–Kier alpha value is -2.18. The van der Waals surface area contributed by atoms with E-state index in [0.29, 0.717) is 11.6 Å². The Labute approximate surface area is 73.2 Å². The van der Waals surface area contributed by atoms with E-state index in [9.17, 15) is 0 Å². The van der Waals surface area contributed by atoms with Gasteiger partial charge in [0.15, 0.2) is 11.6 Å². The highest BCUT2D eigenvalue weighted by Gasteiger charge is 1.98. The van der Waals surface area contributed by atoms with Crippen molar-refractivity contribution in [1.82, 2.24) is 36.1 Å². The quantitative estimate of drug-likeness (QED) is 0.616. The summed E-state index contributed by atoms with van der Waals surface area (Å²) in [5, 5.41) is 25.2. The molecule has 0 unspecified atom stereocenters. The van der Waals surface area contributed by atoms with E-state index >= 15 is 0 Å². The first-order valence-corrected chi connectivity index (χ1v) is 3.45. The van der Waals surface area contributed by atoms with Gasteiger partial charge >= 0.3 is 0 Å². The maximum atomic E-state index is 4.01. The van der Waals surface area contributed by atoms with Crippen LogP contribution in [-0.4, -0.2) is 30.8 Å². The predicted molar refractivity (Wildman–Crippen MR) is 41.1 cm³/mol. The molecule has 0 bridgehead atoms. The molecular formula is C6H4N7. The summed E-state index contributed by atoms with van der Waals surface area (Å²) in [4.78, 5) is 0. The molecule has 2 heterocycles. The summed E-state index contributed by atoms with van der Waals surface area (Å²) < 4.78 is 0. The largest absolute Gasteiger partial charge is 0.206 e. The summed E-state index contributed by atoms with van der Waals surface area (Å²) in [5.41, 5.74) is 0. The molecule has 2 aromatic heterocycles. The molecule has 0 saturated heterocycles. The third kappa shape index (κ3) is 1.89. The maximum absolute atomic E-state index is 4.01. The van der Waals surface area contributed by atoms with Crippen LogP contribution < -0.4 is 5.32 Å². The molecule has 2 aromatic rings. The van der Waals surface area contributed by atoms with Crippen molar-refractivity contribution >= 4 is 11.6 Å². The summed E-state index contributed by atoms with van der Waals surface area (Å²) in [6.45, 7) is 0. The van der Waals surface area contributed by atoms with Crippen molar-refractivity contribution in [2.75, 3.05) is 0 Å². The lowest BCUT2D eigenvalue weighted by Gasteiger charge is -1.95. The number of nitrogens with zero attached hydrogens (tertiary/aromatic N) is 7. The lowest BCUT2D eigenvalue weighted by Crippen LogP contribution is -1.98. The summed E-state index contributed by atoms with van der Waals surface area (Å²) in [6, 6.07) is 3.24. The van der Waals surface area contributed by atoms with Crippen LogP contribution in [-0.2, 0) is 0 Å². The van der Waals surface area contributed by atoms with Crippen molar-refractivity contribution in [2.45, 2.75) is 0 Å². The molecule has 7 heteroatoms. The Kier molecular flexibility index (Phi) is 2.00. The molecule has 13 heavy (non-hydrogen) atoms. The molecule has 0 spiro atoms. The summed E-state index contributed by atoms with van der Waals surface area (Å²) >= 11 is 0. The molecular weight excluding hydrogens is 170 g/mol. The minimum Gasteiger partial charge on any atom is -0.206 e. The van der Waals surface area contributed by atoms with E-state index in [4.69, 9.17) is 0 Å². The van der Waals surface area contributed by atoms with E-state index in [1.165, 1.54) is 12.4 Å². The van der Waals surface area contributed by atoms with Crippen LogP contribution in [0.2, 0.25) is 0 Å². The molecule has 0 aliphatic carbocycles. The van der Waals surface area contributed by atoms with Crippen molar-refractivity contribution in [2.24, 2.45) is 0 Å². The Morgan fingerprint density at radius 3 is 1.77 bits per heavy atom. The standard InChI is InChI=1S/C6H4N7/c1-3-7-12-10-5(1)9-6-2-4-8-13-11-6/h1-4H. The Morgan fingerprint density at radius 2 is 1.38 bits per heavy atom. The lowest BCUT2D eigenvalue weighted by molar-refractivity contribution is 0.810. The average Bonchev–Trinajstić information content (AvgIpc) is 2.21. The van der Waals surface area contributed by atoms with Gasteiger partial charge in [-0.3, -0.25) is 0 Å². The fourth-order valence-corrected chi connectivity index (χ4v) is 0.706. The fraction of sp³-hybridized carbons (Fsp3) is 0. The third-order valence-corrected chi connectivity index (χ3v) is 1.21. The van der Waals surface area contributed by atoms with Gasteiger partial charge in [0.2, 0.25) is 0 Å². The zero-order valence-corrected chi connectivity index (χ0v) is 6.44. The highest BCUT2D eigenvalue weighted by atomic mass is 15.4. The number of aromatic nitrogens is 6. The molecule has 1 radical (unpaired) electrons. The van der Waals surface area contributed by atoms with Crippen molar-refractivity contribution in [3.8, 4) is 0 Å². The number of rotatable bonds is 2. The summed E-state index contributed by atoms with van der Waals surface area (Å²) in [7, 11) is 0. The SMILES string of the molecule is c1cc([N]c2ccnnn2)nnn1. The topological polar surface area (TPSA) is 91.4 Å². The Bertz CT molecular complexity index is 324. The highest BCUT2D eigenvalue weighted by molar-refractivity contribution is 5.35. The molecule has 0 N–H and O–H groups in total. The Morgan fingerprint density at radius 1 is 0.846 bits per heavy atom. The third-order valence-electron chi connectivity index (χ3n) is 1.21. The van der Waals surface area contributed by atoms with Crippen LogP contribution in [0, 0.1) is 0 Å². The van der Waals surface area contributed by atoms with Crippen LogP contribution >= 0.6 is 0 Å². The second-order valence-electron chi connectivity index (χ2n) is 2.07. The van der Waals surface area contributed by atoms with Crippen LogP contribution in [0.5, 0.6) is 0 Å². The summed E-state index contributed by atoms with van der Waals surface area (Å²) in [5.74, 6) is 0.881. The lowest BCUT2D eigenvalue weighted by atomic mass is 10.5. The second kappa shape index (κ2) is 3.48. The normalized spacial score (nSPS) is 9.54. The van der Waals surface area contributed by atoms with Gasteiger partial charge in [-0.1, -0.05) is 0 Å². The van der Waals surface area contributed by atoms with Gasteiger partial charge < -0.3 is 0 Å². The molecule has 0 saturated carbocycles. The first kappa shape index (κ1) is 7.47. The maximum Gasteiger partial charge on any atom is 0.180 e. The van der Waals surface area contributed by atoms with Crippen LogP contribution in [0.3, 0.4) is 0 Å². The van der Waals surface area contributed by atoms with Gasteiger partial charge in [0, 0.05) is 12.1 Å². The van der Waals surface area contributed by atoms with Crippen molar-refractivity contribution in [3.05, 3.63) is 24.5 Å². The average molecular weight is 174 g/mol. The molecule has 2 rings (SSSR count). The Balaban J connectivity index is 2.16. The van der Waals surface area contributed by atoms with Crippen LogP contribution in [0.25, 0.3) is 0 Å². The smallest absolute Gasteiger partial charge is 0.180 e. The predicted octanol–water partition coefficient (Wildman–Crippen LogP) is -0.376. The van der Waals surface area contributed by atoms with Gasteiger partial charge in [-0.2, -0.15) is 0 Å². The minimum absolute atomic E-state index is 0.440. The van der Waals surface area contributed by atoms with Gasteiger partial charge in [0.1, 0.15) is 0 Å². The van der Waals surface area contributed by atoms with Gasteiger partial charge in [-0.25, -0.2) is 5.32 Å². The molecule has 0 aliphatic rings. The van der Waals surface area contributed by atoms with Crippen LogP contribution in [0.1, 0.15) is 0 Å². The zero-order valence-electron chi connectivity index (χ0n) is 6.44. The highest BCUT2D eigenvalue weighted by Crippen LogP contribution is 2.06. The van der Waals surface area contributed by atoms with E-state index in [-0.39, 0.29) is 0 Å². The van der Waals surface area contributed by atoms with Crippen molar-refractivity contribution in [3.63, 3.8) is 0 Å². The molecule has 63 valence electrons. The molecule has 0 aliphatic heterocycles. The van der Waals surface area contributed by atoms with Crippen LogP contribution in [0.4, 0.5) is 11.6 Å². The van der Waals surface area contributed by atoms with Crippen LogP contribution in [0.15, 0.2) is 24.5 Å². The van der Waals surface area contributed by atoms with E-state index in [2.05, 4.69) is 36.1 Å². The van der Waals surface area contributed by atoms with E-state index in [0.717, 1.165) is 0 Å². The minimum atomic E-state index is 0.440. The summed E-state index contributed by atoms with van der Waals surface area (Å²) in [6.07, 6.45) is 3.00. The molecule has 0 amide bonds. The van der Waals surface area contributed by atoms with Gasteiger partial charge in [-0.05, 0) is 10.4 Å². The monoisotopic (exact) mass is 174 g/mol. The first-order valence-electron chi connectivity index (χ1n) is 3.45. The van der Waals surface area contributed by atoms with E-state index in [1.807, 2.05) is 0 Å². The zero-order chi connectivity index (χ0) is 8.93. The van der Waals surface area contributed by atoms with Gasteiger partial charge in [-0.15, -0.1) is 20.4 Å². The van der Waals surface area contributed by atoms with Crippen molar-refractivity contribution < 1.29 is 0 Å². The first-order chi connectivity index (χ1) is 6.45. The van der Waals surface area contributed by atoms with E-state index < -0.39 is 0 Å². The van der Waals surface area contributed by atoms with E-state index in [1.54, 1.807) is 12.1 Å². The number of hydrogen-bond acceptors (Lipinski definition) is 6. The molecule has 0 aromatic carbocycles.